The van der Waals surface area contributed by atoms with Crippen LogP contribution in [0.5, 0.6) is 11.5 Å². The van der Waals surface area contributed by atoms with E-state index in [-0.39, 0.29) is 22.6 Å². The number of aliphatic hydroxyl groups is 2. The molecule has 0 radical (unpaired) electrons. The number of ketones is 2. The lowest BCUT2D eigenvalue weighted by atomic mass is 9.76. The first-order valence-corrected chi connectivity index (χ1v) is 13.0. The van der Waals surface area contributed by atoms with Crippen molar-refractivity contribution < 1.29 is 57.9 Å². The number of ether oxygens (including phenoxy) is 4. The van der Waals surface area contributed by atoms with Crippen LogP contribution in [0.15, 0.2) is 71.2 Å². The SMILES string of the molecule is COC(=O)C[C@H](C1=C(O)C(=O)C([C@@H](CC(=O)OC)c2ccc(OCC(N)=O)cc2)=C(O)C1=O)c1ccc(OCC(N)=O)cc1. The van der Waals surface area contributed by atoms with Crippen molar-refractivity contribution in [2.45, 2.75) is 24.7 Å². The molecule has 6 N–H and O–H groups in total. The van der Waals surface area contributed by atoms with E-state index in [1.54, 1.807) is 0 Å². The summed E-state index contributed by atoms with van der Waals surface area (Å²) in [5.74, 6) is -9.45. The summed E-state index contributed by atoms with van der Waals surface area (Å²) >= 11 is 0. The highest BCUT2D eigenvalue weighted by molar-refractivity contribution is 6.24. The largest absolute Gasteiger partial charge is 0.504 e. The monoisotopic (exact) mass is 610 g/mol. The summed E-state index contributed by atoms with van der Waals surface area (Å²) in [6.07, 6.45) is -1.01. The molecule has 0 unspecified atom stereocenters. The van der Waals surface area contributed by atoms with Gasteiger partial charge < -0.3 is 40.6 Å². The van der Waals surface area contributed by atoms with Gasteiger partial charge in [0.15, 0.2) is 24.7 Å². The molecule has 0 saturated heterocycles. The highest BCUT2D eigenvalue weighted by Gasteiger charge is 2.43. The van der Waals surface area contributed by atoms with Crippen LogP contribution in [-0.2, 0) is 38.2 Å². The van der Waals surface area contributed by atoms with E-state index in [4.69, 9.17) is 30.4 Å². The lowest BCUT2D eigenvalue weighted by Gasteiger charge is -2.27. The van der Waals surface area contributed by atoms with E-state index in [1.807, 2.05) is 0 Å². The van der Waals surface area contributed by atoms with Gasteiger partial charge in [0, 0.05) is 11.8 Å². The molecule has 44 heavy (non-hydrogen) atoms. The van der Waals surface area contributed by atoms with Crippen molar-refractivity contribution in [2.24, 2.45) is 11.5 Å². The van der Waals surface area contributed by atoms with Crippen LogP contribution in [0, 0.1) is 0 Å². The minimum absolute atomic E-state index is 0.232. The predicted octanol–water partition coefficient (Wildman–Crippen LogP) is 1.18. The summed E-state index contributed by atoms with van der Waals surface area (Å²) in [4.78, 5) is 73.9. The molecule has 232 valence electrons. The lowest BCUT2D eigenvalue weighted by Crippen LogP contribution is -2.31. The molecule has 3 rings (SSSR count). The van der Waals surface area contributed by atoms with Crippen LogP contribution in [0.4, 0.5) is 0 Å². The number of allylic oxidation sites excluding steroid dienone is 2. The number of aliphatic hydroxyl groups excluding tert-OH is 2. The van der Waals surface area contributed by atoms with Gasteiger partial charge in [-0.05, 0) is 35.4 Å². The van der Waals surface area contributed by atoms with Crippen LogP contribution >= 0.6 is 0 Å². The number of esters is 2. The maximum Gasteiger partial charge on any atom is 0.306 e. The van der Waals surface area contributed by atoms with Gasteiger partial charge in [0.05, 0.1) is 38.2 Å². The average molecular weight is 611 g/mol. The first kappa shape index (κ1) is 32.8. The number of benzene rings is 2. The zero-order valence-corrected chi connectivity index (χ0v) is 23.7. The summed E-state index contributed by atoms with van der Waals surface area (Å²) < 4.78 is 19.9. The number of rotatable bonds is 14. The minimum Gasteiger partial charge on any atom is -0.504 e. The Hall–Kier alpha value is -5.66. The second-order valence-electron chi connectivity index (χ2n) is 9.50. The Labute approximate surface area is 250 Å². The van der Waals surface area contributed by atoms with E-state index in [1.165, 1.54) is 48.5 Å². The molecular formula is C30H30N2O12. The molecule has 0 aromatic heterocycles. The second-order valence-corrected chi connectivity index (χ2v) is 9.50. The van der Waals surface area contributed by atoms with E-state index >= 15 is 0 Å². The number of methoxy groups -OCH3 is 2. The third-order valence-corrected chi connectivity index (χ3v) is 6.65. The van der Waals surface area contributed by atoms with Gasteiger partial charge in [0.25, 0.3) is 11.8 Å². The summed E-state index contributed by atoms with van der Waals surface area (Å²) in [7, 11) is 2.22. The summed E-state index contributed by atoms with van der Waals surface area (Å²) in [6, 6.07) is 11.4. The quantitative estimate of drug-likeness (QED) is 0.174. The van der Waals surface area contributed by atoms with Crippen molar-refractivity contribution in [3.8, 4) is 11.5 Å². The normalized spacial score (nSPS) is 14.5. The molecule has 0 fully saturated rings. The molecule has 2 aromatic carbocycles. The molecule has 1 aliphatic rings. The Morgan fingerprint density at radius 1 is 0.636 bits per heavy atom. The Kier molecular flexibility index (Phi) is 10.8. The zero-order chi connectivity index (χ0) is 32.6. The van der Waals surface area contributed by atoms with E-state index in [9.17, 15) is 39.0 Å². The van der Waals surface area contributed by atoms with Gasteiger partial charge in [-0.15, -0.1) is 0 Å². The number of hydrogen-bond donors (Lipinski definition) is 4. The second kappa shape index (κ2) is 14.5. The number of primary amides is 2. The van der Waals surface area contributed by atoms with Gasteiger partial charge in [-0.2, -0.15) is 0 Å². The zero-order valence-electron chi connectivity index (χ0n) is 23.7. The molecule has 14 nitrogen and oxygen atoms in total. The molecule has 1 aliphatic carbocycles. The van der Waals surface area contributed by atoms with Crippen LogP contribution in [0.3, 0.4) is 0 Å². The van der Waals surface area contributed by atoms with Crippen LogP contribution in [-0.4, -0.2) is 73.0 Å². The van der Waals surface area contributed by atoms with E-state index in [0.29, 0.717) is 0 Å². The minimum atomic E-state index is -1.26. The summed E-state index contributed by atoms with van der Waals surface area (Å²) in [6.45, 7) is -0.803. The number of nitrogens with two attached hydrogens (primary N) is 2. The fourth-order valence-corrected chi connectivity index (χ4v) is 4.54. The van der Waals surface area contributed by atoms with Gasteiger partial charge in [-0.3, -0.25) is 28.8 Å². The third kappa shape index (κ3) is 7.79. The molecule has 0 aliphatic heterocycles. The smallest absolute Gasteiger partial charge is 0.306 e. The number of carbonyl (C=O) groups is 6. The van der Waals surface area contributed by atoms with Crippen molar-refractivity contribution in [3.05, 3.63) is 82.3 Å². The van der Waals surface area contributed by atoms with E-state index in [0.717, 1.165) is 14.2 Å². The molecule has 0 bridgehead atoms. The molecule has 14 heteroatoms. The van der Waals surface area contributed by atoms with Crippen LogP contribution in [0.25, 0.3) is 0 Å². The third-order valence-electron chi connectivity index (χ3n) is 6.65. The van der Waals surface area contributed by atoms with E-state index in [2.05, 4.69) is 0 Å². The molecule has 0 heterocycles. The Morgan fingerprint density at radius 3 is 1.23 bits per heavy atom. The predicted molar refractivity (Wildman–Crippen MR) is 150 cm³/mol. The van der Waals surface area contributed by atoms with Crippen molar-refractivity contribution in [1.29, 1.82) is 0 Å². The Morgan fingerprint density at radius 2 is 0.955 bits per heavy atom. The number of Topliss-reactive ketones (excluding diaryl/α,β-unsaturated/α-hetero) is 2. The molecule has 0 spiro atoms. The molecular weight excluding hydrogens is 580 g/mol. The van der Waals surface area contributed by atoms with Crippen molar-refractivity contribution in [1.82, 2.24) is 0 Å². The van der Waals surface area contributed by atoms with Crippen LogP contribution in [0.2, 0.25) is 0 Å². The molecule has 2 amide bonds. The lowest BCUT2D eigenvalue weighted by molar-refractivity contribution is -0.142. The standard InChI is InChI=1S/C30H30N2O12/c1-41-23(35)11-19(15-3-7-17(8-4-15)43-13-21(31)33)25-27(37)29(39)26(30(40)28(25)38)20(12-24(36)42-2)16-5-9-18(10-6-16)44-14-22(32)34/h3-10,19-20,37,40H,11-14H2,1-2H3,(H2,31,33)(H2,32,34)/t19-,20-/m0/s1. The van der Waals surface area contributed by atoms with Crippen molar-refractivity contribution in [2.75, 3.05) is 27.4 Å². The maximum atomic E-state index is 13.6. The number of hydrogen-bond acceptors (Lipinski definition) is 12. The topological polar surface area (TPSA) is 232 Å². The summed E-state index contributed by atoms with van der Waals surface area (Å²) in [5, 5.41) is 22.2. The number of amides is 2. The van der Waals surface area contributed by atoms with Gasteiger partial charge in [0.2, 0.25) is 11.6 Å². The molecule has 2 atom stereocenters. The number of carbonyl (C=O) groups excluding carboxylic acids is 6. The van der Waals surface area contributed by atoms with Gasteiger partial charge >= 0.3 is 11.9 Å². The first-order valence-electron chi connectivity index (χ1n) is 13.0. The maximum absolute atomic E-state index is 13.6. The van der Waals surface area contributed by atoms with Gasteiger partial charge in [0.1, 0.15) is 11.5 Å². The van der Waals surface area contributed by atoms with Crippen molar-refractivity contribution >= 4 is 35.3 Å². The highest BCUT2D eigenvalue weighted by atomic mass is 16.5. The first-order chi connectivity index (χ1) is 20.9. The average Bonchev–Trinajstić information content (AvgIpc) is 3.01. The van der Waals surface area contributed by atoms with E-state index < -0.39 is 95.9 Å². The van der Waals surface area contributed by atoms with Crippen LogP contribution < -0.4 is 20.9 Å². The Bertz CT molecular complexity index is 1410. The highest BCUT2D eigenvalue weighted by Crippen LogP contribution is 2.41. The van der Waals surface area contributed by atoms with Gasteiger partial charge in [-0.25, -0.2) is 0 Å². The van der Waals surface area contributed by atoms with Crippen molar-refractivity contribution in [3.63, 3.8) is 0 Å². The van der Waals surface area contributed by atoms with Crippen LogP contribution in [0.1, 0.15) is 35.8 Å². The Balaban J connectivity index is 2.05. The molecule has 0 saturated carbocycles. The van der Waals surface area contributed by atoms with Gasteiger partial charge in [-0.1, -0.05) is 24.3 Å². The summed E-state index contributed by atoms with van der Waals surface area (Å²) in [5.41, 5.74) is 9.55. The fourth-order valence-electron chi connectivity index (χ4n) is 4.54. The fraction of sp³-hybridized carbons (Fsp3) is 0.267. The molecule has 2 aromatic rings.